The van der Waals surface area contributed by atoms with Crippen LogP contribution in [0.5, 0.6) is 0 Å². The maximum absolute atomic E-state index is 11.7. The van der Waals surface area contributed by atoms with Gasteiger partial charge in [0, 0.05) is 30.5 Å². The molecule has 10 heteroatoms. The van der Waals surface area contributed by atoms with Gasteiger partial charge in [0.2, 0.25) is 5.95 Å². The standard InChI is InChI=1S/C22H27N7O3/c1-22(2,3)32-21(31)25-10-9-24-18-12-16(7-8-23-18)19-26-14-27-20(29-19)28-17-6-4-5-15(11-17)13-30/h4-8,11-12,14,30H,9-10,13H2,1-3H3,(H,23,24)(H,25,31)(H,26,27,28,29). The molecule has 0 aliphatic carbocycles. The molecule has 2 heterocycles. The largest absolute Gasteiger partial charge is 0.444 e. The number of amides is 1. The van der Waals surface area contributed by atoms with Crippen LogP contribution in [0.25, 0.3) is 11.4 Å². The Labute approximate surface area is 186 Å². The molecule has 3 aromatic rings. The van der Waals surface area contributed by atoms with Crippen molar-refractivity contribution in [1.82, 2.24) is 25.3 Å². The Morgan fingerprint density at radius 2 is 1.94 bits per heavy atom. The van der Waals surface area contributed by atoms with Crippen molar-refractivity contribution in [2.24, 2.45) is 0 Å². The van der Waals surface area contributed by atoms with Crippen LogP contribution in [0.15, 0.2) is 48.9 Å². The summed E-state index contributed by atoms with van der Waals surface area (Å²) in [5, 5.41) is 18.2. The zero-order valence-electron chi connectivity index (χ0n) is 18.3. The zero-order valence-corrected chi connectivity index (χ0v) is 18.3. The van der Waals surface area contributed by atoms with E-state index in [1.165, 1.54) is 6.33 Å². The number of alkyl carbamates (subject to hydrolysis) is 1. The van der Waals surface area contributed by atoms with Crippen LogP contribution in [0.1, 0.15) is 26.3 Å². The van der Waals surface area contributed by atoms with Crippen LogP contribution >= 0.6 is 0 Å². The van der Waals surface area contributed by atoms with Gasteiger partial charge in [0.15, 0.2) is 5.82 Å². The molecular weight excluding hydrogens is 410 g/mol. The summed E-state index contributed by atoms with van der Waals surface area (Å²) in [6, 6.07) is 11.0. The topological polar surface area (TPSA) is 134 Å². The molecule has 10 nitrogen and oxygen atoms in total. The normalized spacial score (nSPS) is 11.0. The molecule has 0 spiro atoms. The van der Waals surface area contributed by atoms with Gasteiger partial charge >= 0.3 is 6.09 Å². The number of hydrogen-bond acceptors (Lipinski definition) is 9. The number of ether oxygens (including phenoxy) is 1. The number of nitrogens with zero attached hydrogens (tertiary/aromatic N) is 4. The van der Waals surface area contributed by atoms with Crippen LogP contribution in [-0.2, 0) is 11.3 Å². The van der Waals surface area contributed by atoms with Gasteiger partial charge in [-0.3, -0.25) is 0 Å². The van der Waals surface area contributed by atoms with Gasteiger partial charge in [-0.2, -0.15) is 4.98 Å². The van der Waals surface area contributed by atoms with Crippen LogP contribution in [0, 0.1) is 0 Å². The van der Waals surface area contributed by atoms with Crippen LogP contribution in [0.4, 0.5) is 22.2 Å². The summed E-state index contributed by atoms with van der Waals surface area (Å²) < 4.78 is 5.20. The van der Waals surface area contributed by atoms with Gasteiger partial charge in [0.05, 0.1) is 6.61 Å². The number of aliphatic hydroxyl groups excluding tert-OH is 1. The highest BCUT2D eigenvalue weighted by Crippen LogP contribution is 2.20. The second-order valence-corrected chi connectivity index (χ2v) is 7.90. The fourth-order valence-electron chi connectivity index (χ4n) is 2.71. The molecule has 4 N–H and O–H groups in total. The number of carbonyl (C=O) groups excluding carboxylic acids is 1. The first kappa shape index (κ1) is 22.9. The summed E-state index contributed by atoms with van der Waals surface area (Å²) in [5.74, 6) is 1.50. The summed E-state index contributed by atoms with van der Waals surface area (Å²) in [6.07, 6.45) is 2.62. The number of hydrogen-bond donors (Lipinski definition) is 4. The molecule has 0 aliphatic rings. The molecule has 32 heavy (non-hydrogen) atoms. The second-order valence-electron chi connectivity index (χ2n) is 7.90. The predicted molar refractivity (Wildman–Crippen MR) is 121 cm³/mol. The van der Waals surface area contributed by atoms with Crippen LogP contribution in [0.2, 0.25) is 0 Å². The third kappa shape index (κ3) is 7.17. The number of rotatable bonds is 8. The first-order chi connectivity index (χ1) is 15.3. The van der Waals surface area contributed by atoms with Crippen molar-refractivity contribution < 1.29 is 14.6 Å². The molecule has 0 saturated carbocycles. The first-order valence-electron chi connectivity index (χ1n) is 10.2. The Bertz CT molecular complexity index is 1050. The monoisotopic (exact) mass is 437 g/mol. The van der Waals surface area contributed by atoms with E-state index in [1.54, 1.807) is 12.3 Å². The van der Waals surface area contributed by atoms with E-state index < -0.39 is 11.7 Å². The van der Waals surface area contributed by atoms with Crippen molar-refractivity contribution >= 4 is 23.5 Å². The molecule has 0 fully saturated rings. The number of benzene rings is 1. The van der Waals surface area contributed by atoms with E-state index in [4.69, 9.17) is 4.74 Å². The molecule has 0 atom stereocenters. The Hall–Kier alpha value is -3.79. The molecule has 0 bridgehead atoms. The Kier molecular flexibility index (Phi) is 7.50. The molecule has 0 unspecified atom stereocenters. The van der Waals surface area contributed by atoms with E-state index >= 15 is 0 Å². The van der Waals surface area contributed by atoms with E-state index in [-0.39, 0.29) is 6.61 Å². The Balaban J connectivity index is 1.60. The minimum atomic E-state index is -0.534. The van der Waals surface area contributed by atoms with Crippen molar-refractivity contribution in [2.45, 2.75) is 33.0 Å². The van der Waals surface area contributed by atoms with Crippen molar-refractivity contribution in [3.05, 3.63) is 54.5 Å². The smallest absolute Gasteiger partial charge is 0.407 e. The lowest BCUT2D eigenvalue weighted by atomic mass is 10.2. The fraction of sp³-hybridized carbons (Fsp3) is 0.318. The number of carbonyl (C=O) groups is 1. The van der Waals surface area contributed by atoms with E-state index in [0.717, 1.165) is 16.8 Å². The zero-order chi connectivity index (χ0) is 23.0. The number of nitrogens with one attached hydrogen (secondary N) is 3. The number of aliphatic hydroxyl groups is 1. The SMILES string of the molecule is CC(C)(C)OC(=O)NCCNc1cc(-c2ncnc(Nc3cccc(CO)c3)n2)ccn1. The van der Waals surface area contributed by atoms with Crippen molar-refractivity contribution in [3.8, 4) is 11.4 Å². The minimum absolute atomic E-state index is 0.0436. The van der Waals surface area contributed by atoms with Gasteiger partial charge in [-0.15, -0.1) is 0 Å². The van der Waals surface area contributed by atoms with E-state index in [1.807, 2.05) is 51.1 Å². The van der Waals surface area contributed by atoms with E-state index in [2.05, 4.69) is 35.9 Å². The third-order valence-corrected chi connectivity index (χ3v) is 4.06. The van der Waals surface area contributed by atoms with Gasteiger partial charge in [-0.05, 0) is 50.6 Å². The number of aromatic nitrogens is 4. The fourth-order valence-corrected chi connectivity index (χ4v) is 2.71. The molecule has 3 rings (SSSR count). The average Bonchev–Trinajstić information content (AvgIpc) is 2.76. The molecule has 0 saturated heterocycles. The molecule has 0 radical (unpaired) electrons. The number of anilines is 3. The number of pyridine rings is 1. The van der Waals surface area contributed by atoms with E-state index in [0.29, 0.717) is 30.7 Å². The van der Waals surface area contributed by atoms with Crippen molar-refractivity contribution in [2.75, 3.05) is 23.7 Å². The Morgan fingerprint density at radius 3 is 2.72 bits per heavy atom. The lowest BCUT2D eigenvalue weighted by molar-refractivity contribution is 0.0530. The van der Waals surface area contributed by atoms with Crippen LogP contribution < -0.4 is 16.0 Å². The molecular formula is C22H27N7O3. The maximum Gasteiger partial charge on any atom is 0.407 e. The first-order valence-corrected chi connectivity index (χ1v) is 10.2. The van der Waals surface area contributed by atoms with Gasteiger partial charge in [0.1, 0.15) is 17.7 Å². The van der Waals surface area contributed by atoms with Gasteiger partial charge < -0.3 is 25.8 Å². The molecule has 0 aliphatic heterocycles. The lowest BCUT2D eigenvalue weighted by Crippen LogP contribution is -2.35. The molecule has 1 amide bonds. The molecule has 168 valence electrons. The van der Waals surface area contributed by atoms with Gasteiger partial charge in [-0.1, -0.05) is 12.1 Å². The lowest BCUT2D eigenvalue weighted by Gasteiger charge is -2.19. The summed E-state index contributed by atoms with van der Waals surface area (Å²) >= 11 is 0. The summed E-state index contributed by atoms with van der Waals surface area (Å²) in [7, 11) is 0. The summed E-state index contributed by atoms with van der Waals surface area (Å²) in [6.45, 7) is 6.25. The Morgan fingerprint density at radius 1 is 1.09 bits per heavy atom. The molecule has 1 aromatic carbocycles. The van der Waals surface area contributed by atoms with Gasteiger partial charge in [0.25, 0.3) is 0 Å². The highest BCUT2D eigenvalue weighted by Gasteiger charge is 2.15. The van der Waals surface area contributed by atoms with Crippen LogP contribution in [0.3, 0.4) is 0 Å². The van der Waals surface area contributed by atoms with Gasteiger partial charge in [-0.25, -0.2) is 19.7 Å². The summed E-state index contributed by atoms with van der Waals surface area (Å²) in [4.78, 5) is 28.8. The minimum Gasteiger partial charge on any atom is -0.444 e. The second kappa shape index (κ2) is 10.5. The van der Waals surface area contributed by atoms with Crippen molar-refractivity contribution in [1.29, 1.82) is 0 Å². The van der Waals surface area contributed by atoms with Crippen LogP contribution in [-0.4, -0.2) is 49.8 Å². The summed E-state index contributed by atoms with van der Waals surface area (Å²) in [5.41, 5.74) is 1.78. The van der Waals surface area contributed by atoms with E-state index in [9.17, 15) is 9.90 Å². The predicted octanol–water partition coefficient (Wildman–Crippen LogP) is 3.11. The highest BCUT2D eigenvalue weighted by molar-refractivity contribution is 5.67. The quantitative estimate of drug-likeness (QED) is 0.392. The maximum atomic E-state index is 11.7. The third-order valence-electron chi connectivity index (χ3n) is 4.06. The molecule has 2 aromatic heterocycles. The average molecular weight is 438 g/mol. The highest BCUT2D eigenvalue weighted by atomic mass is 16.6. The van der Waals surface area contributed by atoms with Crippen molar-refractivity contribution in [3.63, 3.8) is 0 Å².